The van der Waals surface area contributed by atoms with Crippen LogP contribution in [0.5, 0.6) is 5.75 Å². The van der Waals surface area contributed by atoms with Crippen molar-refractivity contribution >= 4 is 17.7 Å². The zero-order chi connectivity index (χ0) is 17.8. The van der Waals surface area contributed by atoms with Gasteiger partial charge >= 0.3 is 6.03 Å². The molecule has 3 rings (SSSR count). The zero-order valence-electron chi connectivity index (χ0n) is 14.7. The lowest BCUT2D eigenvalue weighted by molar-refractivity contribution is 0.247. The Morgan fingerprint density at radius 2 is 2.12 bits per heavy atom. The molecular weight excluding hydrogens is 318 g/mol. The van der Waals surface area contributed by atoms with Crippen molar-refractivity contribution in [2.45, 2.75) is 25.3 Å². The van der Waals surface area contributed by atoms with Gasteiger partial charge in [-0.15, -0.1) is 0 Å². The van der Waals surface area contributed by atoms with Crippen molar-refractivity contribution in [1.29, 1.82) is 0 Å². The van der Waals surface area contributed by atoms with Crippen molar-refractivity contribution in [3.05, 3.63) is 41.7 Å². The average molecular weight is 341 g/mol. The number of hydrogen-bond donors (Lipinski definition) is 2. The summed E-state index contributed by atoms with van der Waals surface area (Å²) in [5.74, 6) is 1.36. The van der Waals surface area contributed by atoms with Crippen molar-refractivity contribution < 1.29 is 9.53 Å². The number of methoxy groups -OCH3 is 1. The molecule has 1 aliphatic rings. The van der Waals surface area contributed by atoms with Crippen molar-refractivity contribution in [1.82, 2.24) is 15.3 Å². The van der Waals surface area contributed by atoms with Gasteiger partial charge < -0.3 is 20.3 Å². The maximum absolute atomic E-state index is 12.3. The van der Waals surface area contributed by atoms with E-state index in [2.05, 4.69) is 20.6 Å². The van der Waals surface area contributed by atoms with Gasteiger partial charge in [-0.3, -0.25) is 0 Å². The van der Waals surface area contributed by atoms with Crippen LogP contribution in [-0.4, -0.2) is 43.2 Å². The third-order valence-electron chi connectivity index (χ3n) is 4.23. The first-order chi connectivity index (χ1) is 12.1. The Labute approximate surface area is 147 Å². The van der Waals surface area contributed by atoms with Gasteiger partial charge in [0, 0.05) is 32.0 Å². The monoisotopic (exact) mass is 341 g/mol. The van der Waals surface area contributed by atoms with Gasteiger partial charge in [0.1, 0.15) is 5.75 Å². The summed E-state index contributed by atoms with van der Waals surface area (Å²) >= 11 is 0. The molecule has 1 aliphatic carbocycles. The summed E-state index contributed by atoms with van der Waals surface area (Å²) in [5, 5.41) is 5.87. The Morgan fingerprint density at radius 3 is 2.88 bits per heavy atom. The van der Waals surface area contributed by atoms with Crippen LogP contribution in [0.2, 0.25) is 0 Å². The molecule has 2 amide bonds. The largest absolute Gasteiger partial charge is 0.495 e. The minimum atomic E-state index is -0.233. The molecular formula is C18H23N5O2. The van der Waals surface area contributed by atoms with Gasteiger partial charge in [-0.25, -0.2) is 14.8 Å². The highest BCUT2D eigenvalue weighted by atomic mass is 16.5. The highest BCUT2D eigenvalue weighted by molar-refractivity contribution is 5.91. The highest BCUT2D eigenvalue weighted by Gasteiger charge is 2.22. The Hall–Kier alpha value is -2.83. The molecule has 1 atom stereocenters. The molecule has 0 spiro atoms. The van der Waals surface area contributed by atoms with E-state index in [1.165, 1.54) is 0 Å². The normalized spacial score (nSPS) is 15.9. The topological polar surface area (TPSA) is 79.4 Å². The Kier molecular flexibility index (Phi) is 5.02. The van der Waals surface area contributed by atoms with Crippen molar-refractivity contribution in [2.75, 3.05) is 31.4 Å². The quantitative estimate of drug-likeness (QED) is 0.891. The van der Waals surface area contributed by atoms with Gasteiger partial charge in [0.15, 0.2) is 0 Å². The van der Waals surface area contributed by atoms with E-state index in [0.717, 1.165) is 36.5 Å². The molecule has 0 fully saturated rings. The van der Waals surface area contributed by atoms with Crippen LogP contribution in [0.1, 0.15) is 17.7 Å². The Balaban J connectivity index is 1.62. The number of amides is 2. The maximum Gasteiger partial charge on any atom is 0.319 e. The second kappa shape index (κ2) is 7.38. The molecule has 132 valence electrons. The number of nitrogens with zero attached hydrogens (tertiary/aromatic N) is 3. The SMILES string of the molecule is COc1ccccc1NC(=O)N[C@H]1CCc2nc(N(C)C)ncc2C1. The van der Waals surface area contributed by atoms with Crippen LogP contribution < -0.4 is 20.3 Å². The predicted molar refractivity (Wildman–Crippen MR) is 97.3 cm³/mol. The van der Waals surface area contributed by atoms with Crippen molar-refractivity contribution in [3.8, 4) is 5.75 Å². The van der Waals surface area contributed by atoms with E-state index in [-0.39, 0.29) is 12.1 Å². The molecule has 7 nitrogen and oxygen atoms in total. The van der Waals surface area contributed by atoms with Crippen molar-refractivity contribution in [2.24, 2.45) is 0 Å². The van der Waals surface area contributed by atoms with Crippen LogP contribution in [-0.2, 0) is 12.8 Å². The molecule has 0 radical (unpaired) electrons. The van der Waals surface area contributed by atoms with Crippen LogP contribution in [0, 0.1) is 0 Å². The van der Waals surface area contributed by atoms with Crippen molar-refractivity contribution in [3.63, 3.8) is 0 Å². The molecule has 1 aromatic carbocycles. The lowest BCUT2D eigenvalue weighted by atomic mass is 9.93. The number of rotatable bonds is 4. The fourth-order valence-electron chi connectivity index (χ4n) is 2.93. The second-order valence-corrected chi connectivity index (χ2v) is 6.27. The summed E-state index contributed by atoms with van der Waals surface area (Å²) < 4.78 is 5.25. The van der Waals surface area contributed by atoms with E-state index < -0.39 is 0 Å². The fourth-order valence-corrected chi connectivity index (χ4v) is 2.93. The average Bonchev–Trinajstić information content (AvgIpc) is 2.61. The first kappa shape index (κ1) is 17.0. The van der Waals surface area contributed by atoms with E-state index in [9.17, 15) is 4.79 Å². The summed E-state index contributed by atoms with van der Waals surface area (Å²) in [4.78, 5) is 23.1. The summed E-state index contributed by atoms with van der Waals surface area (Å²) in [6.45, 7) is 0. The number of para-hydroxylation sites is 2. The molecule has 0 aliphatic heterocycles. The van der Waals surface area contributed by atoms with Crippen LogP contribution in [0.4, 0.5) is 16.4 Å². The van der Waals surface area contributed by atoms with Gasteiger partial charge in [-0.05, 0) is 37.0 Å². The Morgan fingerprint density at radius 1 is 1.32 bits per heavy atom. The van der Waals surface area contributed by atoms with E-state index >= 15 is 0 Å². The first-order valence-corrected chi connectivity index (χ1v) is 8.29. The number of aromatic nitrogens is 2. The number of urea groups is 1. The zero-order valence-corrected chi connectivity index (χ0v) is 14.7. The molecule has 7 heteroatoms. The molecule has 1 heterocycles. The van der Waals surface area contributed by atoms with Gasteiger partial charge in [-0.2, -0.15) is 0 Å². The van der Waals surface area contributed by atoms with Gasteiger partial charge in [0.2, 0.25) is 5.95 Å². The molecule has 2 aromatic rings. The molecule has 0 unspecified atom stereocenters. The van der Waals surface area contributed by atoms with Crippen LogP contribution in [0.15, 0.2) is 30.5 Å². The van der Waals surface area contributed by atoms with E-state index in [4.69, 9.17) is 4.74 Å². The molecule has 0 bridgehead atoms. The predicted octanol–water partition coefficient (Wildman–Crippen LogP) is 2.23. The highest BCUT2D eigenvalue weighted by Crippen LogP contribution is 2.24. The molecule has 2 N–H and O–H groups in total. The molecule has 0 saturated heterocycles. The number of nitrogens with one attached hydrogen (secondary N) is 2. The molecule has 1 aromatic heterocycles. The van der Waals surface area contributed by atoms with E-state index in [1.54, 1.807) is 7.11 Å². The smallest absolute Gasteiger partial charge is 0.319 e. The van der Waals surface area contributed by atoms with Gasteiger partial charge in [-0.1, -0.05) is 12.1 Å². The summed E-state index contributed by atoms with van der Waals surface area (Å²) in [6, 6.07) is 7.17. The number of anilines is 2. The third-order valence-corrected chi connectivity index (χ3v) is 4.23. The summed E-state index contributed by atoms with van der Waals surface area (Å²) in [6.07, 6.45) is 4.29. The molecule has 0 saturated carbocycles. The standard InChI is InChI=1S/C18H23N5O2/c1-23(2)17-19-11-12-10-13(8-9-14(12)21-17)20-18(24)22-15-6-4-5-7-16(15)25-3/h4-7,11,13H,8-10H2,1-3H3,(H2,20,22,24)/t13-/m0/s1. The second-order valence-electron chi connectivity index (χ2n) is 6.27. The number of aryl methyl sites for hydroxylation is 1. The minimum absolute atomic E-state index is 0.0658. The first-order valence-electron chi connectivity index (χ1n) is 8.29. The van der Waals surface area contributed by atoms with Gasteiger partial charge in [0.25, 0.3) is 0 Å². The van der Waals surface area contributed by atoms with Gasteiger partial charge in [0.05, 0.1) is 12.8 Å². The van der Waals surface area contributed by atoms with E-state index in [0.29, 0.717) is 11.4 Å². The number of carbonyl (C=O) groups is 1. The fraction of sp³-hybridized carbons (Fsp3) is 0.389. The maximum atomic E-state index is 12.3. The van der Waals surface area contributed by atoms with Crippen LogP contribution in [0.3, 0.4) is 0 Å². The lowest BCUT2D eigenvalue weighted by Gasteiger charge is -2.25. The third kappa shape index (κ3) is 3.99. The number of benzene rings is 1. The summed E-state index contributed by atoms with van der Waals surface area (Å²) in [7, 11) is 5.44. The lowest BCUT2D eigenvalue weighted by Crippen LogP contribution is -2.41. The summed E-state index contributed by atoms with van der Waals surface area (Å²) in [5.41, 5.74) is 2.82. The number of fused-ring (bicyclic) bond motifs is 1. The molecule has 25 heavy (non-hydrogen) atoms. The minimum Gasteiger partial charge on any atom is -0.495 e. The van der Waals surface area contributed by atoms with Crippen LogP contribution >= 0.6 is 0 Å². The Bertz CT molecular complexity index is 763. The number of ether oxygens (including phenoxy) is 1. The number of hydrogen-bond acceptors (Lipinski definition) is 5. The number of carbonyl (C=O) groups excluding carboxylic acids is 1. The van der Waals surface area contributed by atoms with Crippen LogP contribution in [0.25, 0.3) is 0 Å². The van der Waals surface area contributed by atoms with E-state index in [1.807, 2.05) is 49.5 Å².